The molecular formula is C36H37N9O2. The van der Waals surface area contributed by atoms with Crippen LogP contribution >= 0.6 is 0 Å². The number of para-hydroxylation sites is 1. The van der Waals surface area contributed by atoms with E-state index in [2.05, 4.69) is 65.8 Å². The number of nitrogens with zero attached hydrogens (tertiary/aromatic N) is 7. The van der Waals surface area contributed by atoms with E-state index in [4.69, 9.17) is 16.3 Å². The van der Waals surface area contributed by atoms with Gasteiger partial charge in [0.2, 0.25) is 18.4 Å². The monoisotopic (exact) mass is 627 g/mol. The second-order valence-corrected chi connectivity index (χ2v) is 12.5. The molecule has 0 bridgehead atoms. The van der Waals surface area contributed by atoms with E-state index < -0.39 is 0 Å². The molecule has 7 rings (SSSR count). The number of methoxy groups -OCH3 is 1. The van der Waals surface area contributed by atoms with Crippen LogP contribution in [0.5, 0.6) is 5.75 Å². The second-order valence-electron chi connectivity index (χ2n) is 12.5. The summed E-state index contributed by atoms with van der Waals surface area (Å²) in [6.45, 7) is 15.1. The van der Waals surface area contributed by atoms with Crippen molar-refractivity contribution in [3.63, 3.8) is 0 Å². The van der Waals surface area contributed by atoms with Gasteiger partial charge in [0.15, 0.2) is 0 Å². The molecule has 2 N–H and O–H groups in total. The number of likely N-dealkylation sites (tertiary alicyclic amines) is 1. The van der Waals surface area contributed by atoms with Crippen molar-refractivity contribution in [2.24, 2.45) is 5.92 Å². The first-order valence-electron chi connectivity index (χ1n) is 16.1. The summed E-state index contributed by atoms with van der Waals surface area (Å²) in [5.41, 5.74) is 5.03. The molecule has 2 aromatic heterocycles. The largest absolute Gasteiger partial charge is 0.494 e. The molecule has 2 saturated heterocycles. The molecule has 3 fully saturated rings. The molecule has 11 nitrogen and oxygen atoms in total. The summed E-state index contributed by atoms with van der Waals surface area (Å²) in [6.07, 6.45) is 9.18. The number of carbonyl (C=O) groups excluding carboxylic acids is 1. The molecule has 1 saturated carbocycles. The summed E-state index contributed by atoms with van der Waals surface area (Å²) in [6, 6.07) is 15.2. The Kier molecular flexibility index (Phi) is 8.23. The third-order valence-electron chi connectivity index (χ3n) is 9.51. The van der Waals surface area contributed by atoms with Crippen molar-refractivity contribution in [1.82, 2.24) is 19.4 Å². The summed E-state index contributed by atoms with van der Waals surface area (Å²) < 4.78 is 8.13. The zero-order valence-electron chi connectivity index (χ0n) is 26.4. The van der Waals surface area contributed by atoms with E-state index in [-0.39, 0.29) is 5.91 Å². The van der Waals surface area contributed by atoms with Crippen molar-refractivity contribution >= 4 is 39.8 Å². The van der Waals surface area contributed by atoms with Gasteiger partial charge in [-0.2, -0.15) is 5.26 Å². The van der Waals surface area contributed by atoms with Crippen LogP contribution in [0.3, 0.4) is 0 Å². The van der Waals surface area contributed by atoms with Gasteiger partial charge in [-0.1, -0.05) is 24.8 Å². The Morgan fingerprint density at radius 3 is 2.66 bits per heavy atom. The van der Waals surface area contributed by atoms with Gasteiger partial charge in [0.25, 0.3) is 0 Å². The highest BCUT2D eigenvalue weighted by Crippen LogP contribution is 2.43. The number of anilines is 4. The molecule has 4 heterocycles. The van der Waals surface area contributed by atoms with E-state index in [1.165, 1.54) is 6.08 Å². The highest BCUT2D eigenvalue weighted by molar-refractivity contribution is 6.02. The minimum atomic E-state index is -0.312. The number of nitrogens with one attached hydrogen (secondary N) is 2. The van der Waals surface area contributed by atoms with Crippen molar-refractivity contribution in [3.05, 3.63) is 78.4 Å². The van der Waals surface area contributed by atoms with E-state index in [1.54, 1.807) is 13.3 Å². The molecule has 2 aromatic carbocycles. The number of benzene rings is 2. The highest BCUT2D eigenvalue weighted by atomic mass is 16.5. The van der Waals surface area contributed by atoms with Gasteiger partial charge in [-0.15, -0.1) is 0 Å². The molecule has 0 atom stereocenters. The van der Waals surface area contributed by atoms with Gasteiger partial charge in [0, 0.05) is 67.0 Å². The standard InChI is InChI=1S/C36H37N9O2/c1-4-34(46)40-29-15-30(33(47-3)16-32(29)43-13-11-25(12-14-43)44-20-23(21-44)18-38-2)41-36-39-19-24(17-37)35(42-36)28-22-45(26-9-10-26)31-8-6-5-7-27(28)31/h4-8,15-16,19,22-23,25-26H,1,9-14,18,20-21H2,3H3,(H,40,46)(H,39,41,42). The number of amides is 1. The van der Waals surface area contributed by atoms with Crippen LogP contribution in [0.4, 0.5) is 23.0 Å². The number of hydrogen-bond acceptors (Lipinski definition) is 8. The molecule has 2 aliphatic heterocycles. The number of aromatic nitrogens is 3. The molecule has 0 radical (unpaired) electrons. The summed E-state index contributed by atoms with van der Waals surface area (Å²) in [4.78, 5) is 30.2. The first kappa shape index (κ1) is 30.3. The average Bonchev–Trinajstić information content (AvgIpc) is 3.86. The number of hydrogen-bond donors (Lipinski definition) is 2. The van der Waals surface area contributed by atoms with Gasteiger partial charge in [-0.25, -0.2) is 16.5 Å². The highest BCUT2D eigenvalue weighted by Gasteiger charge is 2.36. The number of rotatable bonds is 10. The van der Waals surface area contributed by atoms with Crippen LogP contribution in [-0.4, -0.2) is 71.2 Å². The topological polar surface area (TPSA) is 116 Å². The predicted molar refractivity (Wildman–Crippen MR) is 183 cm³/mol. The maximum Gasteiger partial charge on any atom is 0.247 e. The Hall–Kier alpha value is -5.39. The third kappa shape index (κ3) is 5.98. The zero-order valence-corrected chi connectivity index (χ0v) is 26.4. The number of carbonyl (C=O) groups is 1. The van der Waals surface area contributed by atoms with E-state index in [1.807, 2.05) is 24.3 Å². The van der Waals surface area contributed by atoms with Gasteiger partial charge < -0.3 is 29.7 Å². The van der Waals surface area contributed by atoms with Gasteiger partial charge >= 0.3 is 0 Å². The number of piperidine rings is 1. The number of ether oxygens (including phenoxy) is 1. The molecule has 47 heavy (non-hydrogen) atoms. The van der Waals surface area contributed by atoms with Gasteiger partial charge in [0.05, 0.1) is 47.5 Å². The van der Waals surface area contributed by atoms with E-state index in [9.17, 15) is 10.1 Å². The molecule has 0 unspecified atom stereocenters. The van der Waals surface area contributed by atoms with Crippen molar-refractivity contribution < 1.29 is 9.53 Å². The normalized spacial score (nSPS) is 17.0. The van der Waals surface area contributed by atoms with Crippen LogP contribution < -0.4 is 20.3 Å². The Bertz CT molecular complexity index is 1920. The zero-order chi connectivity index (χ0) is 32.5. The van der Waals surface area contributed by atoms with Crippen LogP contribution in [-0.2, 0) is 4.79 Å². The first-order chi connectivity index (χ1) is 23.0. The summed E-state index contributed by atoms with van der Waals surface area (Å²) in [7, 11) is 1.61. The lowest BCUT2D eigenvalue weighted by Gasteiger charge is -2.46. The van der Waals surface area contributed by atoms with Crippen molar-refractivity contribution in [2.75, 3.05) is 55.4 Å². The predicted octanol–water partition coefficient (Wildman–Crippen LogP) is 6.00. The molecule has 11 heteroatoms. The lowest BCUT2D eigenvalue weighted by atomic mass is 9.93. The second kappa shape index (κ2) is 12.8. The lowest BCUT2D eigenvalue weighted by Crippen LogP contribution is -2.56. The van der Waals surface area contributed by atoms with Crippen molar-refractivity contribution in [2.45, 2.75) is 37.8 Å². The van der Waals surface area contributed by atoms with Crippen molar-refractivity contribution in [1.29, 1.82) is 5.26 Å². The number of fused-ring (bicyclic) bond motifs is 1. The molecule has 1 aliphatic carbocycles. The van der Waals surface area contributed by atoms with E-state index >= 15 is 0 Å². The quantitative estimate of drug-likeness (QED) is 0.163. The van der Waals surface area contributed by atoms with Gasteiger partial charge in [-0.3, -0.25) is 9.69 Å². The molecule has 1 amide bonds. The minimum Gasteiger partial charge on any atom is -0.494 e. The van der Waals surface area contributed by atoms with Gasteiger partial charge in [-0.05, 0) is 43.9 Å². The van der Waals surface area contributed by atoms with Crippen LogP contribution in [0.25, 0.3) is 27.0 Å². The molecular weight excluding hydrogens is 590 g/mol. The van der Waals surface area contributed by atoms with Crippen LogP contribution in [0.15, 0.2) is 61.4 Å². The van der Waals surface area contributed by atoms with Crippen LogP contribution in [0.1, 0.15) is 37.3 Å². The third-order valence-corrected chi connectivity index (χ3v) is 9.51. The SMILES string of the molecule is [C-]#[N+]CC1CN(C2CCN(c3cc(OC)c(Nc4ncc(C#N)c(-c5cn(C6CC6)c6ccccc56)n4)cc3NC(=O)C=C)CC2)C1. The molecule has 0 spiro atoms. The Morgan fingerprint density at radius 1 is 1.17 bits per heavy atom. The maximum atomic E-state index is 12.6. The van der Waals surface area contributed by atoms with Crippen LogP contribution in [0.2, 0.25) is 0 Å². The van der Waals surface area contributed by atoms with Crippen molar-refractivity contribution in [3.8, 4) is 23.1 Å². The maximum absolute atomic E-state index is 12.6. The number of nitriles is 1. The summed E-state index contributed by atoms with van der Waals surface area (Å²) in [5, 5.41) is 17.3. The molecule has 238 valence electrons. The van der Waals surface area contributed by atoms with E-state index in [0.29, 0.717) is 58.9 Å². The summed E-state index contributed by atoms with van der Waals surface area (Å²) >= 11 is 0. The Labute approximate surface area is 274 Å². The first-order valence-corrected chi connectivity index (χ1v) is 16.1. The van der Waals surface area contributed by atoms with Crippen LogP contribution in [0, 0.1) is 23.8 Å². The fourth-order valence-electron chi connectivity index (χ4n) is 6.90. The molecule has 4 aromatic rings. The Balaban J connectivity index is 1.18. The Morgan fingerprint density at radius 2 is 1.96 bits per heavy atom. The average molecular weight is 628 g/mol. The minimum absolute atomic E-state index is 0.307. The summed E-state index contributed by atoms with van der Waals surface area (Å²) in [5.74, 6) is 1.06. The van der Waals surface area contributed by atoms with Gasteiger partial charge in [0.1, 0.15) is 11.8 Å². The molecule has 3 aliphatic rings. The lowest BCUT2D eigenvalue weighted by molar-refractivity contribution is -0.111. The smallest absolute Gasteiger partial charge is 0.247 e. The van der Waals surface area contributed by atoms with E-state index in [0.717, 1.165) is 74.0 Å². The fourth-order valence-corrected chi connectivity index (χ4v) is 6.90. The fraction of sp³-hybridized carbons (Fsp3) is 0.361.